The highest BCUT2D eigenvalue weighted by Crippen LogP contribution is 2.32. The zero-order valence-electron chi connectivity index (χ0n) is 13.3. The van der Waals surface area contributed by atoms with Gasteiger partial charge in [0.25, 0.3) is 0 Å². The molecular weight excluding hydrogens is 322 g/mol. The molecule has 0 bridgehead atoms. The smallest absolute Gasteiger partial charge is 0.0590 e. The monoisotopic (exact) mass is 345 g/mol. The molecule has 0 radical (unpaired) electrons. The first-order chi connectivity index (χ1) is 10.0. The van der Waals surface area contributed by atoms with Crippen molar-refractivity contribution in [3.05, 3.63) is 68.7 Å². The van der Waals surface area contributed by atoms with Crippen LogP contribution in [0.2, 0.25) is 0 Å². The average molecular weight is 346 g/mol. The first kappa shape index (κ1) is 16.3. The van der Waals surface area contributed by atoms with E-state index in [1.54, 1.807) is 0 Å². The predicted octanol–water partition coefficient (Wildman–Crippen LogP) is 5.46. The molecule has 0 saturated carbocycles. The highest BCUT2D eigenvalue weighted by atomic mass is 79.9. The van der Waals surface area contributed by atoms with Crippen LogP contribution in [0.1, 0.15) is 47.2 Å². The highest BCUT2D eigenvalue weighted by Gasteiger charge is 2.18. The summed E-state index contributed by atoms with van der Waals surface area (Å²) in [5.74, 6) is 0. The van der Waals surface area contributed by atoms with Crippen molar-refractivity contribution in [2.24, 2.45) is 0 Å². The fourth-order valence-electron chi connectivity index (χ4n) is 2.63. The topological polar surface area (TPSA) is 12.0 Å². The molecule has 1 nitrogen and oxygen atoms in total. The Labute approximate surface area is 136 Å². The summed E-state index contributed by atoms with van der Waals surface area (Å²) >= 11 is 3.74. The second-order valence-corrected chi connectivity index (χ2v) is 6.56. The minimum Gasteiger partial charge on any atom is -0.306 e. The van der Waals surface area contributed by atoms with Gasteiger partial charge in [0, 0.05) is 4.47 Å². The molecule has 0 aromatic heterocycles. The molecule has 2 heteroatoms. The van der Waals surface area contributed by atoms with Gasteiger partial charge in [0.1, 0.15) is 0 Å². The largest absolute Gasteiger partial charge is 0.306 e. The van der Waals surface area contributed by atoms with Crippen LogP contribution in [0.25, 0.3) is 0 Å². The fraction of sp³-hybridized carbons (Fsp3) is 0.368. The van der Waals surface area contributed by atoms with Crippen LogP contribution in [0.15, 0.2) is 40.9 Å². The third-order valence-corrected chi connectivity index (χ3v) is 4.71. The number of hydrogen-bond acceptors (Lipinski definition) is 1. The average Bonchev–Trinajstić information content (AvgIpc) is 2.45. The Bertz CT molecular complexity index is 619. The molecule has 21 heavy (non-hydrogen) atoms. The minimum absolute atomic E-state index is 0.236. The Hall–Kier alpha value is -1.12. The van der Waals surface area contributed by atoms with E-state index < -0.39 is 0 Å². The molecule has 1 N–H and O–H groups in total. The maximum atomic E-state index is 3.74. The molecule has 0 spiro atoms. The Kier molecular flexibility index (Phi) is 5.60. The van der Waals surface area contributed by atoms with Gasteiger partial charge in [-0.05, 0) is 67.6 Å². The Morgan fingerprint density at radius 2 is 1.81 bits per heavy atom. The van der Waals surface area contributed by atoms with Crippen LogP contribution in [0, 0.1) is 20.8 Å². The van der Waals surface area contributed by atoms with Crippen LogP contribution < -0.4 is 5.32 Å². The molecule has 2 rings (SSSR count). The van der Waals surface area contributed by atoms with Crippen LogP contribution in [-0.4, -0.2) is 6.54 Å². The molecule has 0 aliphatic carbocycles. The van der Waals surface area contributed by atoms with E-state index in [2.05, 4.69) is 85.3 Å². The number of rotatable bonds is 5. The van der Waals surface area contributed by atoms with E-state index in [1.807, 2.05) is 0 Å². The number of halogens is 1. The summed E-state index contributed by atoms with van der Waals surface area (Å²) in [6, 6.07) is 13.4. The van der Waals surface area contributed by atoms with Crippen LogP contribution in [-0.2, 0) is 0 Å². The van der Waals surface area contributed by atoms with Crippen molar-refractivity contribution in [1.29, 1.82) is 0 Å². The second-order valence-electron chi connectivity index (χ2n) is 5.70. The Morgan fingerprint density at radius 1 is 1.05 bits per heavy atom. The van der Waals surface area contributed by atoms with E-state index >= 15 is 0 Å². The zero-order valence-corrected chi connectivity index (χ0v) is 14.9. The van der Waals surface area contributed by atoms with Crippen LogP contribution in [0.4, 0.5) is 0 Å². The van der Waals surface area contributed by atoms with Gasteiger partial charge in [-0.25, -0.2) is 0 Å². The molecule has 2 aromatic rings. The van der Waals surface area contributed by atoms with Crippen LogP contribution >= 0.6 is 15.9 Å². The van der Waals surface area contributed by atoms with Gasteiger partial charge in [0.15, 0.2) is 0 Å². The van der Waals surface area contributed by atoms with Gasteiger partial charge in [-0.3, -0.25) is 0 Å². The lowest BCUT2D eigenvalue weighted by Crippen LogP contribution is -2.24. The van der Waals surface area contributed by atoms with Gasteiger partial charge < -0.3 is 5.32 Å². The number of nitrogens with one attached hydrogen (secondary N) is 1. The number of hydrogen-bond donors (Lipinski definition) is 1. The fourth-order valence-corrected chi connectivity index (χ4v) is 3.35. The van der Waals surface area contributed by atoms with E-state index in [4.69, 9.17) is 0 Å². The van der Waals surface area contributed by atoms with E-state index in [9.17, 15) is 0 Å². The summed E-state index contributed by atoms with van der Waals surface area (Å²) in [4.78, 5) is 0. The molecule has 0 saturated heterocycles. The summed E-state index contributed by atoms with van der Waals surface area (Å²) in [6.07, 6.45) is 1.13. The Balaban J connectivity index is 2.49. The normalized spacial score (nSPS) is 12.4. The molecule has 0 amide bonds. The van der Waals surface area contributed by atoms with Crippen molar-refractivity contribution in [2.45, 2.75) is 40.2 Å². The van der Waals surface area contributed by atoms with Crippen molar-refractivity contribution < 1.29 is 0 Å². The summed E-state index contributed by atoms with van der Waals surface area (Å²) < 4.78 is 1.18. The van der Waals surface area contributed by atoms with E-state index in [0.717, 1.165) is 13.0 Å². The molecule has 0 fully saturated rings. The summed E-state index contributed by atoms with van der Waals surface area (Å²) in [7, 11) is 0. The molecule has 0 aliphatic rings. The number of aryl methyl sites for hydroxylation is 2. The maximum absolute atomic E-state index is 3.74. The maximum Gasteiger partial charge on any atom is 0.0590 e. The molecule has 0 heterocycles. The molecule has 1 atom stereocenters. The molecule has 112 valence electrons. The SMILES string of the molecule is CCCNC(c1ccc(C)cc1Br)c1cccc(C)c1C. The second kappa shape index (κ2) is 7.24. The third kappa shape index (κ3) is 3.75. The van der Waals surface area contributed by atoms with Gasteiger partial charge in [-0.15, -0.1) is 0 Å². The molecule has 2 aromatic carbocycles. The number of benzene rings is 2. The van der Waals surface area contributed by atoms with Crippen molar-refractivity contribution >= 4 is 15.9 Å². The van der Waals surface area contributed by atoms with Crippen LogP contribution in [0.3, 0.4) is 0 Å². The minimum atomic E-state index is 0.236. The van der Waals surface area contributed by atoms with Crippen molar-refractivity contribution in [3.63, 3.8) is 0 Å². The lowest BCUT2D eigenvalue weighted by molar-refractivity contribution is 0.594. The molecule has 1 unspecified atom stereocenters. The molecule has 0 aliphatic heterocycles. The summed E-state index contributed by atoms with van der Waals surface area (Å²) in [5, 5.41) is 3.70. The highest BCUT2D eigenvalue weighted by molar-refractivity contribution is 9.10. The van der Waals surface area contributed by atoms with Crippen LogP contribution in [0.5, 0.6) is 0 Å². The lowest BCUT2D eigenvalue weighted by Gasteiger charge is -2.23. The van der Waals surface area contributed by atoms with Gasteiger partial charge in [0.2, 0.25) is 0 Å². The van der Waals surface area contributed by atoms with Gasteiger partial charge in [0.05, 0.1) is 6.04 Å². The quantitative estimate of drug-likeness (QED) is 0.758. The van der Waals surface area contributed by atoms with Crippen molar-refractivity contribution in [3.8, 4) is 0 Å². The molecular formula is C19H24BrN. The Morgan fingerprint density at radius 3 is 2.48 bits per heavy atom. The van der Waals surface area contributed by atoms with Gasteiger partial charge in [-0.2, -0.15) is 0 Å². The standard InChI is InChI=1S/C19H24BrN/c1-5-11-21-19(16-8-6-7-14(3)15(16)4)17-10-9-13(2)12-18(17)20/h6-10,12,19,21H,5,11H2,1-4H3. The zero-order chi connectivity index (χ0) is 15.4. The van der Waals surface area contributed by atoms with Gasteiger partial charge in [-0.1, -0.05) is 53.2 Å². The summed E-state index contributed by atoms with van der Waals surface area (Å²) in [5.41, 5.74) is 6.68. The lowest BCUT2D eigenvalue weighted by atomic mass is 9.92. The van der Waals surface area contributed by atoms with E-state index in [0.29, 0.717) is 0 Å². The van der Waals surface area contributed by atoms with E-state index in [-0.39, 0.29) is 6.04 Å². The van der Waals surface area contributed by atoms with Crippen molar-refractivity contribution in [2.75, 3.05) is 6.54 Å². The predicted molar refractivity (Wildman–Crippen MR) is 94.9 cm³/mol. The van der Waals surface area contributed by atoms with Gasteiger partial charge >= 0.3 is 0 Å². The van der Waals surface area contributed by atoms with E-state index in [1.165, 1.54) is 32.3 Å². The van der Waals surface area contributed by atoms with Crippen molar-refractivity contribution in [1.82, 2.24) is 5.32 Å². The first-order valence-electron chi connectivity index (χ1n) is 7.60. The third-order valence-electron chi connectivity index (χ3n) is 4.02. The summed E-state index contributed by atoms with van der Waals surface area (Å²) in [6.45, 7) is 9.74. The first-order valence-corrected chi connectivity index (χ1v) is 8.39.